The number of benzene rings is 1. The van der Waals surface area contributed by atoms with Gasteiger partial charge in [-0.15, -0.1) is 11.8 Å². The molecule has 0 amide bonds. The first-order chi connectivity index (χ1) is 10.6. The van der Waals surface area contributed by atoms with E-state index in [1.54, 1.807) is 12.1 Å². The first-order valence-electron chi connectivity index (χ1n) is 6.88. The maximum atomic E-state index is 12.6. The summed E-state index contributed by atoms with van der Waals surface area (Å²) in [6.07, 6.45) is -0.952. The predicted octanol–water partition coefficient (Wildman–Crippen LogP) is 0.335. The van der Waals surface area contributed by atoms with Crippen LogP contribution in [0.1, 0.15) is 6.23 Å². The Hall–Kier alpha value is -1.38. The second kappa shape index (κ2) is 6.02. The molecule has 6 nitrogen and oxygen atoms in total. The number of fused-ring (bicyclic) bond motifs is 1. The smallest absolute Gasteiger partial charge is 0.260 e. The van der Waals surface area contributed by atoms with E-state index in [-0.39, 0.29) is 5.56 Å². The number of pyridine rings is 1. The summed E-state index contributed by atoms with van der Waals surface area (Å²) < 4.78 is 6.68. The quantitative estimate of drug-likeness (QED) is 0.705. The molecule has 1 aliphatic heterocycles. The van der Waals surface area contributed by atoms with E-state index >= 15 is 0 Å². The number of hydrogen-bond acceptors (Lipinski definition) is 6. The van der Waals surface area contributed by atoms with Crippen LogP contribution in [0.25, 0.3) is 10.8 Å². The molecule has 22 heavy (non-hydrogen) atoms. The average molecular weight is 323 g/mol. The van der Waals surface area contributed by atoms with Crippen LogP contribution >= 0.6 is 11.8 Å². The van der Waals surface area contributed by atoms with Gasteiger partial charge >= 0.3 is 0 Å². The molecule has 2 aromatic rings. The van der Waals surface area contributed by atoms with Crippen molar-refractivity contribution in [1.82, 2.24) is 4.57 Å². The van der Waals surface area contributed by atoms with Crippen LogP contribution in [0.15, 0.2) is 40.2 Å². The first kappa shape index (κ1) is 15.5. The summed E-state index contributed by atoms with van der Waals surface area (Å²) in [6, 6.07) is 7.35. The highest BCUT2D eigenvalue weighted by Gasteiger charge is 2.43. The third-order valence-corrected chi connectivity index (χ3v) is 4.66. The van der Waals surface area contributed by atoms with Gasteiger partial charge in [0.15, 0.2) is 6.23 Å². The van der Waals surface area contributed by atoms with Crippen LogP contribution in [0.5, 0.6) is 0 Å². The third kappa shape index (κ3) is 2.45. The van der Waals surface area contributed by atoms with Crippen LogP contribution in [0, 0.1) is 0 Å². The van der Waals surface area contributed by atoms with Crippen LogP contribution in [0.4, 0.5) is 0 Å². The number of aliphatic hydroxyl groups excluding tert-OH is 3. The van der Waals surface area contributed by atoms with Gasteiger partial charge in [0.1, 0.15) is 18.3 Å². The standard InChI is InChI=1S/C15H17NO5S/c1-22-9-3-2-8-4-5-16(14(20)10(8)6-9)15-13(19)12(18)11(7-17)21-15/h2-6,11-13,15,17-19H,7H2,1H3/t11-,12-,13+,15-/m1/s1. The van der Waals surface area contributed by atoms with Gasteiger partial charge < -0.3 is 20.1 Å². The number of aromatic nitrogens is 1. The van der Waals surface area contributed by atoms with Gasteiger partial charge in [-0.1, -0.05) is 6.07 Å². The summed E-state index contributed by atoms with van der Waals surface area (Å²) in [7, 11) is 0. The lowest BCUT2D eigenvalue weighted by molar-refractivity contribution is -0.0541. The van der Waals surface area contributed by atoms with Crippen molar-refractivity contribution in [3.8, 4) is 0 Å². The minimum Gasteiger partial charge on any atom is -0.394 e. The molecule has 3 N–H and O–H groups in total. The minimum atomic E-state index is -1.27. The Balaban J connectivity index is 2.08. The molecule has 0 bridgehead atoms. The molecular formula is C15H17NO5S. The largest absolute Gasteiger partial charge is 0.394 e. The zero-order valence-electron chi connectivity index (χ0n) is 11.9. The van der Waals surface area contributed by atoms with Crippen molar-refractivity contribution in [3.05, 3.63) is 40.8 Å². The Kier molecular flexibility index (Phi) is 4.24. The maximum Gasteiger partial charge on any atom is 0.260 e. The zero-order chi connectivity index (χ0) is 15.9. The molecule has 4 atom stereocenters. The van der Waals surface area contributed by atoms with E-state index in [1.807, 2.05) is 18.4 Å². The van der Waals surface area contributed by atoms with Crippen molar-refractivity contribution in [2.45, 2.75) is 29.4 Å². The van der Waals surface area contributed by atoms with Gasteiger partial charge in [-0.2, -0.15) is 0 Å². The number of aliphatic hydroxyl groups is 3. The van der Waals surface area contributed by atoms with E-state index in [0.29, 0.717) is 5.39 Å². The number of thioether (sulfide) groups is 1. The molecular weight excluding hydrogens is 306 g/mol. The zero-order valence-corrected chi connectivity index (χ0v) is 12.7. The molecule has 1 aromatic carbocycles. The van der Waals surface area contributed by atoms with Crippen molar-refractivity contribution in [1.29, 1.82) is 0 Å². The van der Waals surface area contributed by atoms with Crippen LogP contribution in [0.3, 0.4) is 0 Å². The summed E-state index contributed by atoms with van der Waals surface area (Å²) >= 11 is 1.53. The van der Waals surface area contributed by atoms with E-state index in [4.69, 9.17) is 9.84 Å². The third-order valence-electron chi connectivity index (χ3n) is 3.93. The molecule has 1 saturated heterocycles. The van der Waals surface area contributed by atoms with E-state index in [9.17, 15) is 15.0 Å². The number of ether oxygens (including phenoxy) is 1. The van der Waals surface area contributed by atoms with Crippen molar-refractivity contribution in [3.63, 3.8) is 0 Å². The van der Waals surface area contributed by atoms with Gasteiger partial charge in [0.2, 0.25) is 0 Å². The summed E-state index contributed by atoms with van der Waals surface area (Å²) in [4.78, 5) is 13.6. The molecule has 7 heteroatoms. The van der Waals surface area contributed by atoms with E-state index in [1.165, 1.54) is 22.5 Å². The van der Waals surface area contributed by atoms with Gasteiger partial charge in [-0.25, -0.2) is 0 Å². The fourth-order valence-corrected chi connectivity index (χ4v) is 3.11. The highest BCUT2D eigenvalue weighted by Crippen LogP contribution is 2.29. The van der Waals surface area contributed by atoms with Gasteiger partial charge in [0.25, 0.3) is 5.56 Å². The van der Waals surface area contributed by atoms with Gasteiger partial charge in [0, 0.05) is 16.5 Å². The number of nitrogens with zero attached hydrogens (tertiary/aromatic N) is 1. The van der Waals surface area contributed by atoms with Gasteiger partial charge in [-0.3, -0.25) is 9.36 Å². The maximum absolute atomic E-state index is 12.6. The lowest BCUT2D eigenvalue weighted by Gasteiger charge is -2.18. The van der Waals surface area contributed by atoms with Gasteiger partial charge in [0.05, 0.1) is 6.61 Å². The molecule has 0 spiro atoms. The molecule has 1 aliphatic rings. The Labute approximate surface area is 131 Å². The highest BCUT2D eigenvalue weighted by molar-refractivity contribution is 7.98. The molecule has 0 aliphatic carbocycles. The molecule has 1 aromatic heterocycles. The number of rotatable bonds is 3. The van der Waals surface area contributed by atoms with E-state index in [2.05, 4.69) is 0 Å². The first-order valence-corrected chi connectivity index (χ1v) is 8.10. The van der Waals surface area contributed by atoms with Gasteiger partial charge in [-0.05, 0) is 29.8 Å². The van der Waals surface area contributed by atoms with Crippen molar-refractivity contribution in [2.75, 3.05) is 12.9 Å². The van der Waals surface area contributed by atoms with Crippen molar-refractivity contribution in [2.24, 2.45) is 0 Å². The molecule has 3 rings (SSSR count). The molecule has 0 saturated carbocycles. The Bertz CT molecular complexity index is 746. The van der Waals surface area contributed by atoms with E-state index in [0.717, 1.165) is 10.3 Å². The SMILES string of the molecule is CSc1ccc2ccn([C@@H]3O[C@H](CO)[C@@H](O)[C@@H]3O)c(=O)c2c1. The monoisotopic (exact) mass is 323 g/mol. The summed E-state index contributed by atoms with van der Waals surface area (Å²) in [6.45, 7) is -0.423. The van der Waals surface area contributed by atoms with E-state index < -0.39 is 31.1 Å². The highest BCUT2D eigenvalue weighted by atomic mass is 32.2. The molecule has 1 fully saturated rings. The molecule has 0 unspecified atom stereocenters. The Morgan fingerprint density at radius 1 is 1.27 bits per heavy atom. The van der Waals surface area contributed by atoms with Crippen LogP contribution in [0.2, 0.25) is 0 Å². The molecule has 0 radical (unpaired) electrons. The van der Waals surface area contributed by atoms with Crippen LogP contribution in [-0.4, -0.2) is 51.1 Å². The predicted molar refractivity (Wildman–Crippen MR) is 83.0 cm³/mol. The lowest BCUT2D eigenvalue weighted by Crippen LogP contribution is -2.35. The Morgan fingerprint density at radius 2 is 2.05 bits per heavy atom. The minimum absolute atomic E-state index is 0.303. The van der Waals surface area contributed by atoms with Crippen molar-refractivity contribution < 1.29 is 20.1 Å². The number of hydrogen-bond donors (Lipinski definition) is 3. The van der Waals surface area contributed by atoms with Crippen molar-refractivity contribution >= 4 is 22.5 Å². The molecule has 2 heterocycles. The summed E-state index contributed by atoms with van der Waals surface area (Å²) in [5, 5.41) is 30.3. The second-order valence-electron chi connectivity index (χ2n) is 5.21. The lowest BCUT2D eigenvalue weighted by atomic mass is 10.1. The fourth-order valence-electron chi connectivity index (χ4n) is 2.67. The van der Waals surface area contributed by atoms with Crippen LogP contribution < -0.4 is 5.56 Å². The fraction of sp³-hybridized carbons (Fsp3) is 0.400. The normalized spacial score (nSPS) is 28.4. The molecule has 118 valence electrons. The van der Waals surface area contributed by atoms with Crippen LogP contribution in [-0.2, 0) is 4.74 Å². The average Bonchev–Trinajstić information content (AvgIpc) is 2.83. The topological polar surface area (TPSA) is 91.9 Å². The Morgan fingerprint density at radius 3 is 2.68 bits per heavy atom. The summed E-state index contributed by atoms with van der Waals surface area (Å²) in [5.41, 5.74) is -0.303. The second-order valence-corrected chi connectivity index (χ2v) is 6.09. The summed E-state index contributed by atoms with van der Waals surface area (Å²) in [5.74, 6) is 0.